The summed E-state index contributed by atoms with van der Waals surface area (Å²) in [6.45, 7) is 8.97. The maximum atomic E-state index is 5.54. The highest BCUT2D eigenvalue weighted by Crippen LogP contribution is 2.08. The van der Waals surface area contributed by atoms with Gasteiger partial charge in [-0.15, -0.1) is 0 Å². The van der Waals surface area contributed by atoms with Gasteiger partial charge in [0.2, 0.25) is 0 Å². The van der Waals surface area contributed by atoms with Crippen LogP contribution in [0.5, 0.6) is 0 Å². The lowest BCUT2D eigenvalue weighted by atomic mass is 10.3. The monoisotopic (exact) mass is 224 g/mol. The molecule has 0 spiro atoms. The van der Waals surface area contributed by atoms with Crippen LogP contribution < -0.4 is 5.73 Å². The van der Waals surface area contributed by atoms with E-state index in [0.717, 1.165) is 57.3 Å². The predicted octanol–water partition coefficient (Wildman–Crippen LogP) is 0.0593. The molecule has 0 aromatic carbocycles. The average Bonchev–Trinajstić information content (AvgIpc) is 2.67. The lowest BCUT2D eigenvalue weighted by molar-refractivity contribution is 0.127. The van der Waals surface area contributed by atoms with Crippen LogP contribution >= 0.6 is 0 Å². The van der Waals surface area contributed by atoms with Crippen molar-refractivity contribution in [3.8, 4) is 0 Å². The standard InChI is InChI=1S/C11H20N4O/c1-10-8-11(13-16-10)9-15-6-4-14(3-2-12)5-7-15/h8H,2-7,9,12H2,1H3. The molecule has 1 aromatic rings. The zero-order valence-electron chi connectivity index (χ0n) is 9.85. The fourth-order valence-corrected chi connectivity index (χ4v) is 2.08. The molecule has 0 amide bonds. The summed E-state index contributed by atoms with van der Waals surface area (Å²) < 4.78 is 5.06. The van der Waals surface area contributed by atoms with Crippen LogP contribution in [-0.4, -0.2) is 54.2 Å². The van der Waals surface area contributed by atoms with E-state index in [2.05, 4.69) is 15.0 Å². The van der Waals surface area contributed by atoms with E-state index in [1.807, 2.05) is 13.0 Å². The molecule has 1 aliphatic rings. The Morgan fingerprint density at radius 1 is 1.31 bits per heavy atom. The minimum atomic E-state index is 0.752. The minimum Gasteiger partial charge on any atom is -0.361 e. The third kappa shape index (κ3) is 3.04. The van der Waals surface area contributed by atoms with Gasteiger partial charge in [0.05, 0.1) is 5.69 Å². The summed E-state index contributed by atoms with van der Waals surface area (Å²) in [5.74, 6) is 0.886. The van der Waals surface area contributed by atoms with Crippen molar-refractivity contribution in [2.75, 3.05) is 39.3 Å². The predicted molar refractivity (Wildman–Crippen MR) is 62.0 cm³/mol. The van der Waals surface area contributed by atoms with E-state index < -0.39 is 0 Å². The van der Waals surface area contributed by atoms with Gasteiger partial charge in [0.25, 0.3) is 0 Å². The molecule has 0 unspecified atom stereocenters. The van der Waals surface area contributed by atoms with Crippen LogP contribution in [-0.2, 0) is 6.54 Å². The Hall–Kier alpha value is -0.910. The van der Waals surface area contributed by atoms with Crippen LogP contribution in [0.2, 0.25) is 0 Å². The molecule has 16 heavy (non-hydrogen) atoms. The van der Waals surface area contributed by atoms with Crippen molar-refractivity contribution < 1.29 is 4.52 Å². The molecule has 5 nitrogen and oxygen atoms in total. The summed E-state index contributed by atoms with van der Waals surface area (Å²) in [6, 6.07) is 2.01. The zero-order valence-corrected chi connectivity index (χ0v) is 9.85. The number of aryl methyl sites for hydroxylation is 1. The number of nitrogens with two attached hydrogens (primary N) is 1. The highest BCUT2D eigenvalue weighted by molar-refractivity contribution is 5.03. The van der Waals surface area contributed by atoms with Crippen molar-refractivity contribution in [2.45, 2.75) is 13.5 Å². The summed E-state index contributed by atoms with van der Waals surface area (Å²) in [5.41, 5.74) is 6.57. The highest BCUT2D eigenvalue weighted by Gasteiger charge is 2.17. The molecule has 2 heterocycles. The number of hydrogen-bond acceptors (Lipinski definition) is 5. The second-order valence-corrected chi connectivity index (χ2v) is 4.34. The van der Waals surface area contributed by atoms with Gasteiger partial charge < -0.3 is 10.3 Å². The first-order valence-electron chi connectivity index (χ1n) is 5.85. The van der Waals surface area contributed by atoms with Crippen LogP contribution in [0, 0.1) is 6.92 Å². The van der Waals surface area contributed by atoms with Crippen molar-refractivity contribution in [3.63, 3.8) is 0 Å². The van der Waals surface area contributed by atoms with Gasteiger partial charge in [-0.25, -0.2) is 0 Å². The van der Waals surface area contributed by atoms with Gasteiger partial charge >= 0.3 is 0 Å². The topological polar surface area (TPSA) is 58.5 Å². The molecule has 0 atom stereocenters. The van der Waals surface area contributed by atoms with Gasteiger partial charge in [-0.2, -0.15) is 0 Å². The third-order valence-corrected chi connectivity index (χ3v) is 2.97. The average molecular weight is 224 g/mol. The Kier molecular flexibility index (Phi) is 3.93. The summed E-state index contributed by atoms with van der Waals surface area (Å²) in [4.78, 5) is 4.81. The van der Waals surface area contributed by atoms with Gasteiger partial charge in [-0.05, 0) is 6.92 Å². The quantitative estimate of drug-likeness (QED) is 0.783. The Morgan fingerprint density at radius 2 is 2.00 bits per heavy atom. The van der Waals surface area contributed by atoms with E-state index in [1.54, 1.807) is 0 Å². The van der Waals surface area contributed by atoms with E-state index in [1.165, 1.54) is 0 Å². The molecular weight excluding hydrogens is 204 g/mol. The van der Waals surface area contributed by atoms with Crippen LogP contribution in [0.1, 0.15) is 11.5 Å². The molecule has 5 heteroatoms. The third-order valence-electron chi connectivity index (χ3n) is 2.97. The van der Waals surface area contributed by atoms with Gasteiger partial charge in [0.15, 0.2) is 0 Å². The molecule has 0 radical (unpaired) electrons. The van der Waals surface area contributed by atoms with E-state index in [4.69, 9.17) is 10.3 Å². The van der Waals surface area contributed by atoms with Crippen molar-refractivity contribution in [1.29, 1.82) is 0 Å². The van der Waals surface area contributed by atoms with Crippen molar-refractivity contribution >= 4 is 0 Å². The summed E-state index contributed by atoms with van der Waals surface area (Å²) >= 11 is 0. The van der Waals surface area contributed by atoms with E-state index in [9.17, 15) is 0 Å². The lowest BCUT2D eigenvalue weighted by Gasteiger charge is -2.33. The molecule has 90 valence electrons. The van der Waals surface area contributed by atoms with Gasteiger partial charge in [0, 0.05) is 51.9 Å². The fourth-order valence-electron chi connectivity index (χ4n) is 2.08. The first-order chi connectivity index (χ1) is 7.78. The first kappa shape index (κ1) is 11.6. The van der Waals surface area contributed by atoms with Crippen LogP contribution in [0.4, 0.5) is 0 Å². The molecule has 2 rings (SSSR count). The molecule has 1 saturated heterocycles. The molecule has 0 aliphatic carbocycles. The lowest BCUT2D eigenvalue weighted by Crippen LogP contribution is -2.47. The Balaban J connectivity index is 1.77. The normalized spacial score (nSPS) is 19.1. The van der Waals surface area contributed by atoms with E-state index >= 15 is 0 Å². The summed E-state index contributed by atoms with van der Waals surface area (Å²) in [5, 5.41) is 4.01. The second-order valence-electron chi connectivity index (χ2n) is 4.34. The molecular formula is C11H20N4O. The van der Waals surface area contributed by atoms with Crippen molar-refractivity contribution in [2.24, 2.45) is 5.73 Å². The Bertz CT molecular complexity index is 318. The van der Waals surface area contributed by atoms with Crippen LogP contribution in [0.15, 0.2) is 10.6 Å². The summed E-state index contributed by atoms with van der Waals surface area (Å²) in [7, 11) is 0. The SMILES string of the molecule is Cc1cc(CN2CCN(CCN)CC2)no1. The fraction of sp³-hybridized carbons (Fsp3) is 0.727. The number of nitrogens with zero attached hydrogens (tertiary/aromatic N) is 3. The minimum absolute atomic E-state index is 0.752. The molecule has 0 bridgehead atoms. The maximum absolute atomic E-state index is 5.54. The largest absolute Gasteiger partial charge is 0.361 e. The molecule has 1 aromatic heterocycles. The number of aromatic nitrogens is 1. The van der Waals surface area contributed by atoms with Crippen LogP contribution in [0.3, 0.4) is 0 Å². The number of hydrogen-bond donors (Lipinski definition) is 1. The second kappa shape index (κ2) is 5.43. The van der Waals surface area contributed by atoms with E-state index in [0.29, 0.717) is 0 Å². The van der Waals surface area contributed by atoms with Crippen LogP contribution in [0.25, 0.3) is 0 Å². The van der Waals surface area contributed by atoms with Gasteiger partial charge in [-0.3, -0.25) is 9.80 Å². The van der Waals surface area contributed by atoms with E-state index in [-0.39, 0.29) is 0 Å². The maximum Gasteiger partial charge on any atom is 0.133 e. The van der Waals surface area contributed by atoms with Crippen molar-refractivity contribution in [1.82, 2.24) is 15.0 Å². The Labute approximate surface area is 96.2 Å². The number of piperazine rings is 1. The molecule has 1 aliphatic heterocycles. The molecule has 1 fully saturated rings. The Morgan fingerprint density at radius 3 is 2.56 bits per heavy atom. The number of rotatable bonds is 4. The van der Waals surface area contributed by atoms with Crippen molar-refractivity contribution in [3.05, 3.63) is 17.5 Å². The molecule has 0 saturated carbocycles. The highest BCUT2D eigenvalue weighted by atomic mass is 16.5. The van der Waals surface area contributed by atoms with Gasteiger partial charge in [-0.1, -0.05) is 5.16 Å². The molecule has 2 N–H and O–H groups in total. The zero-order chi connectivity index (χ0) is 11.4. The van der Waals surface area contributed by atoms with Gasteiger partial charge in [0.1, 0.15) is 5.76 Å². The summed E-state index contributed by atoms with van der Waals surface area (Å²) in [6.07, 6.45) is 0. The smallest absolute Gasteiger partial charge is 0.133 e. The first-order valence-corrected chi connectivity index (χ1v) is 5.85.